The van der Waals surface area contributed by atoms with Crippen LogP contribution >= 0.6 is 22.9 Å². The maximum Gasteiger partial charge on any atom is 0.416 e. The number of aryl methyl sites for hydroxylation is 3. The maximum absolute atomic E-state index is 13.3. The van der Waals surface area contributed by atoms with E-state index >= 15 is 0 Å². The van der Waals surface area contributed by atoms with E-state index < -0.39 is 11.7 Å². The van der Waals surface area contributed by atoms with Gasteiger partial charge in [-0.15, -0.1) is 11.3 Å². The van der Waals surface area contributed by atoms with Gasteiger partial charge in [-0.2, -0.15) is 18.4 Å². The van der Waals surface area contributed by atoms with Gasteiger partial charge in [-0.05, 0) is 81.0 Å². The van der Waals surface area contributed by atoms with Crippen LogP contribution in [0.15, 0.2) is 29.1 Å². The van der Waals surface area contributed by atoms with Crippen LogP contribution in [0.2, 0.25) is 5.02 Å². The molecule has 0 saturated heterocycles. The minimum atomic E-state index is -4.51. The van der Waals surface area contributed by atoms with Crippen LogP contribution < -0.4 is 5.56 Å². The second-order valence-electron chi connectivity index (χ2n) is 8.80. The molecule has 1 N–H and O–H groups in total. The first-order valence-corrected chi connectivity index (χ1v) is 12.5. The summed E-state index contributed by atoms with van der Waals surface area (Å²) in [6, 6.07) is 7.03. The minimum Gasteiger partial charge on any atom is -0.316 e. The fourth-order valence-electron chi connectivity index (χ4n) is 4.77. The summed E-state index contributed by atoms with van der Waals surface area (Å²) in [5.41, 5.74) is 2.16. The van der Waals surface area contributed by atoms with Gasteiger partial charge in [-0.1, -0.05) is 11.6 Å². The first-order valence-electron chi connectivity index (χ1n) is 11.3. The number of allylic oxidation sites excluding steroid dienone is 1. The first-order chi connectivity index (χ1) is 17.1. The number of H-pyrrole nitrogens is 1. The number of nitriles is 1. The Morgan fingerprint density at radius 2 is 2.00 bits per heavy atom. The van der Waals surface area contributed by atoms with Gasteiger partial charge in [0.1, 0.15) is 10.9 Å². The number of aromatic nitrogens is 3. The fourth-order valence-corrected chi connectivity index (χ4v) is 6.23. The lowest BCUT2D eigenvalue weighted by molar-refractivity contribution is -0.137. The van der Waals surface area contributed by atoms with Crippen molar-refractivity contribution in [3.8, 4) is 11.8 Å². The molecule has 0 amide bonds. The van der Waals surface area contributed by atoms with E-state index in [-0.39, 0.29) is 27.7 Å². The van der Waals surface area contributed by atoms with Gasteiger partial charge >= 0.3 is 6.18 Å². The lowest BCUT2D eigenvalue weighted by Gasteiger charge is -2.15. The molecule has 0 radical (unpaired) electrons. The maximum atomic E-state index is 13.3. The van der Waals surface area contributed by atoms with Gasteiger partial charge in [0, 0.05) is 16.3 Å². The highest BCUT2D eigenvalue weighted by Gasteiger charge is 2.31. The van der Waals surface area contributed by atoms with E-state index in [1.54, 1.807) is 30.6 Å². The zero-order valence-electron chi connectivity index (χ0n) is 19.4. The standard InChI is InChI=1S/C26H20ClF3N4OS/c1-13-9-15(14(2)34(13)20-11-17(26(28,29)30)7-8-19(20)27)10-16(12-31)23-32-24(35)22-18-5-3-4-6-21(18)36-25(22)33-23/h7-11H,3-6H2,1-2H3,(H,32,33,35). The number of halogens is 4. The highest BCUT2D eigenvalue weighted by atomic mass is 35.5. The first kappa shape index (κ1) is 24.3. The third-order valence-corrected chi connectivity index (χ3v) is 7.99. The molecule has 5 nitrogen and oxygen atoms in total. The second kappa shape index (κ2) is 8.95. The highest BCUT2D eigenvalue weighted by molar-refractivity contribution is 7.18. The number of fused-ring (bicyclic) bond motifs is 3. The van der Waals surface area contributed by atoms with Crippen LogP contribution in [0.4, 0.5) is 13.2 Å². The predicted molar refractivity (Wildman–Crippen MR) is 136 cm³/mol. The number of thiophene rings is 1. The predicted octanol–water partition coefficient (Wildman–Crippen LogP) is 7.01. The van der Waals surface area contributed by atoms with Gasteiger partial charge < -0.3 is 9.55 Å². The second-order valence-corrected chi connectivity index (χ2v) is 10.3. The van der Waals surface area contributed by atoms with Crippen LogP contribution in [0.1, 0.15) is 51.6 Å². The third-order valence-electron chi connectivity index (χ3n) is 6.49. The van der Waals surface area contributed by atoms with Crippen molar-refractivity contribution >= 4 is 44.8 Å². The van der Waals surface area contributed by atoms with Crippen molar-refractivity contribution in [1.82, 2.24) is 14.5 Å². The average Bonchev–Trinajstić information content (AvgIpc) is 3.33. The number of hydrogen-bond donors (Lipinski definition) is 1. The summed E-state index contributed by atoms with van der Waals surface area (Å²) in [5.74, 6) is 0.163. The molecule has 1 aromatic carbocycles. The zero-order valence-corrected chi connectivity index (χ0v) is 21.0. The number of rotatable bonds is 3. The van der Waals surface area contributed by atoms with Crippen molar-refractivity contribution in [2.24, 2.45) is 0 Å². The summed E-state index contributed by atoms with van der Waals surface area (Å²) in [4.78, 5) is 22.1. The van der Waals surface area contributed by atoms with Crippen LogP contribution in [0, 0.1) is 25.2 Å². The molecule has 0 saturated carbocycles. The summed E-state index contributed by atoms with van der Waals surface area (Å²) < 4.78 is 41.6. The van der Waals surface area contributed by atoms with Crippen molar-refractivity contribution < 1.29 is 13.2 Å². The summed E-state index contributed by atoms with van der Waals surface area (Å²) in [5, 5.41) is 10.7. The van der Waals surface area contributed by atoms with E-state index in [1.807, 2.05) is 0 Å². The number of benzene rings is 1. The molecule has 1 aliphatic rings. The Kier molecular flexibility index (Phi) is 6.05. The molecule has 4 aromatic rings. The molecular formula is C26H20ClF3N4OS. The number of hydrogen-bond acceptors (Lipinski definition) is 4. The van der Waals surface area contributed by atoms with Crippen LogP contribution in [0.25, 0.3) is 27.6 Å². The van der Waals surface area contributed by atoms with E-state index in [2.05, 4.69) is 16.0 Å². The number of aromatic amines is 1. The molecule has 10 heteroatoms. The minimum absolute atomic E-state index is 0.149. The number of nitrogens with one attached hydrogen (secondary N) is 1. The molecular weight excluding hydrogens is 509 g/mol. The summed E-state index contributed by atoms with van der Waals surface area (Å²) in [6.45, 7) is 3.48. The van der Waals surface area contributed by atoms with Gasteiger partial charge in [0.05, 0.1) is 27.2 Å². The molecule has 0 unspecified atom stereocenters. The van der Waals surface area contributed by atoms with Crippen molar-refractivity contribution in [3.05, 3.63) is 78.4 Å². The van der Waals surface area contributed by atoms with Crippen molar-refractivity contribution in [2.45, 2.75) is 45.7 Å². The van der Waals surface area contributed by atoms with Crippen molar-refractivity contribution in [3.63, 3.8) is 0 Å². The quantitative estimate of drug-likeness (QED) is 0.291. The Labute approximate surface area is 213 Å². The van der Waals surface area contributed by atoms with E-state index in [1.165, 1.54) is 22.3 Å². The molecule has 5 rings (SSSR count). The van der Waals surface area contributed by atoms with Crippen molar-refractivity contribution in [2.75, 3.05) is 0 Å². The number of alkyl halides is 3. The third kappa shape index (κ3) is 4.14. The molecule has 36 heavy (non-hydrogen) atoms. The van der Waals surface area contributed by atoms with E-state index in [4.69, 9.17) is 11.6 Å². The van der Waals surface area contributed by atoms with Crippen LogP contribution in [0.5, 0.6) is 0 Å². The highest BCUT2D eigenvalue weighted by Crippen LogP contribution is 2.36. The summed E-state index contributed by atoms with van der Waals surface area (Å²) in [7, 11) is 0. The summed E-state index contributed by atoms with van der Waals surface area (Å²) >= 11 is 7.77. The molecule has 0 bridgehead atoms. The van der Waals surface area contributed by atoms with Gasteiger partial charge in [-0.3, -0.25) is 4.79 Å². The molecule has 3 aromatic heterocycles. The van der Waals surface area contributed by atoms with Gasteiger partial charge in [0.25, 0.3) is 5.56 Å². The summed E-state index contributed by atoms with van der Waals surface area (Å²) in [6.07, 6.45) is 0.967. The van der Waals surface area contributed by atoms with Gasteiger partial charge in [0.15, 0.2) is 5.82 Å². The fraction of sp³-hybridized carbons (Fsp3) is 0.269. The largest absolute Gasteiger partial charge is 0.416 e. The molecule has 184 valence electrons. The molecule has 1 aliphatic carbocycles. The zero-order chi connectivity index (χ0) is 25.8. The molecule has 0 fully saturated rings. The monoisotopic (exact) mass is 528 g/mol. The Balaban J connectivity index is 1.61. The van der Waals surface area contributed by atoms with E-state index in [0.717, 1.165) is 43.4 Å². The van der Waals surface area contributed by atoms with E-state index in [0.29, 0.717) is 27.2 Å². The van der Waals surface area contributed by atoms with Crippen LogP contribution in [-0.2, 0) is 19.0 Å². The van der Waals surface area contributed by atoms with Gasteiger partial charge in [-0.25, -0.2) is 4.98 Å². The van der Waals surface area contributed by atoms with Crippen molar-refractivity contribution in [1.29, 1.82) is 5.26 Å². The SMILES string of the molecule is Cc1cc(C=C(C#N)c2nc3sc4c(c3c(=O)[nH]2)CCCC4)c(C)n1-c1cc(C(F)(F)F)ccc1Cl. The molecule has 0 spiro atoms. The normalized spacial score (nSPS) is 14.2. The lowest BCUT2D eigenvalue weighted by Crippen LogP contribution is -2.12. The number of nitrogens with zero attached hydrogens (tertiary/aromatic N) is 3. The molecule has 0 aliphatic heterocycles. The Bertz CT molecular complexity index is 1650. The molecule has 0 atom stereocenters. The van der Waals surface area contributed by atoms with Crippen LogP contribution in [-0.4, -0.2) is 14.5 Å². The Hall–Kier alpha value is -3.35. The van der Waals surface area contributed by atoms with Crippen LogP contribution in [0.3, 0.4) is 0 Å². The molecule has 3 heterocycles. The topological polar surface area (TPSA) is 74.5 Å². The van der Waals surface area contributed by atoms with Gasteiger partial charge in [0.2, 0.25) is 0 Å². The van der Waals surface area contributed by atoms with E-state index in [9.17, 15) is 23.2 Å². The lowest BCUT2D eigenvalue weighted by atomic mass is 9.97. The Morgan fingerprint density at radius 1 is 1.25 bits per heavy atom. The smallest absolute Gasteiger partial charge is 0.316 e. The Morgan fingerprint density at radius 3 is 2.72 bits per heavy atom. The average molecular weight is 529 g/mol.